The minimum Gasteiger partial charge on any atom is -0.480 e. The summed E-state index contributed by atoms with van der Waals surface area (Å²) in [6, 6.07) is 8.17. The maximum absolute atomic E-state index is 11.7. The van der Waals surface area contributed by atoms with Crippen molar-refractivity contribution < 1.29 is 14.7 Å². The van der Waals surface area contributed by atoms with Crippen molar-refractivity contribution in [2.75, 3.05) is 0 Å². The fourth-order valence-electron chi connectivity index (χ4n) is 1.99. The number of hydrogen-bond donors (Lipinski definition) is 3. The molecule has 1 aromatic rings. The Balaban J connectivity index is 1.88. The van der Waals surface area contributed by atoms with E-state index in [1.165, 1.54) is 0 Å². The maximum atomic E-state index is 11.7. The number of benzene rings is 1. The first-order chi connectivity index (χ1) is 9.15. The SMILES string of the molecule is O=C(NC1CCC1)N[C@H](Cc1ccccc1)C(=O)O. The van der Waals surface area contributed by atoms with Gasteiger partial charge in [-0.25, -0.2) is 9.59 Å². The third-order valence-electron chi connectivity index (χ3n) is 3.33. The Kier molecular flexibility index (Phi) is 4.39. The number of rotatable bonds is 5. The smallest absolute Gasteiger partial charge is 0.326 e. The highest BCUT2D eigenvalue weighted by Gasteiger charge is 2.24. The van der Waals surface area contributed by atoms with Gasteiger partial charge in [0.25, 0.3) is 0 Å². The van der Waals surface area contributed by atoms with Gasteiger partial charge in [-0.3, -0.25) is 0 Å². The van der Waals surface area contributed by atoms with Crippen molar-refractivity contribution >= 4 is 12.0 Å². The number of carboxylic acids is 1. The molecule has 0 spiro atoms. The van der Waals surface area contributed by atoms with Crippen LogP contribution in [0.2, 0.25) is 0 Å². The molecule has 0 aliphatic heterocycles. The summed E-state index contributed by atoms with van der Waals surface area (Å²) in [5.41, 5.74) is 0.888. The van der Waals surface area contributed by atoms with Crippen LogP contribution in [-0.2, 0) is 11.2 Å². The van der Waals surface area contributed by atoms with Crippen molar-refractivity contribution in [3.63, 3.8) is 0 Å². The van der Waals surface area contributed by atoms with E-state index < -0.39 is 18.0 Å². The van der Waals surface area contributed by atoms with Gasteiger partial charge in [0.05, 0.1) is 0 Å². The molecule has 0 heterocycles. The van der Waals surface area contributed by atoms with E-state index in [1.54, 1.807) is 0 Å². The van der Waals surface area contributed by atoms with E-state index in [9.17, 15) is 9.59 Å². The molecule has 5 heteroatoms. The van der Waals surface area contributed by atoms with Crippen LogP contribution in [0.4, 0.5) is 4.79 Å². The molecule has 0 unspecified atom stereocenters. The zero-order chi connectivity index (χ0) is 13.7. The topological polar surface area (TPSA) is 78.4 Å². The molecule has 1 aromatic carbocycles. The summed E-state index contributed by atoms with van der Waals surface area (Å²) in [4.78, 5) is 22.8. The first kappa shape index (κ1) is 13.4. The summed E-state index contributed by atoms with van der Waals surface area (Å²) >= 11 is 0. The second kappa shape index (κ2) is 6.22. The van der Waals surface area contributed by atoms with E-state index in [4.69, 9.17) is 5.11 Å². The van der Waals surface area contributed by atoms with Gasteiger partial charge in [-0.2, -0.15) is 0 Å². The minimum absolute atomic E-state index is 0.200. The highest BCUT2D eigenvalue weighted by molar-refractivity contribution is 5.82. The Morgan fingerprint density at radius 3 is 2.47 bits per heavy atom. The molecule has 0 bridgehead atoms. The molecule has 2 amide bonds. The van der Waals surface area contributed by atoms with Crippen LogP contribution in [0.25, 0.3) is 0 Å². The number of carbonyl (C=O) groups excluding carboxylic acids is 1. The predicted molar refractivity (Wildman–Crippen MR) is 70.9 cm³/mol. The molecule has 19 heavy (non-hydrogen) atoms. The maximum Gasteiger partial charge on any atom is 0.326 e. The van der Waals surface area contributed by atoms with Gasteiger partial charge in [-0.15, -0.1) is 0 Å². The Labute approximate surface area is 112 Å². The Hall–Kier alpha value is -2.04. The molecule has 1 aliphatic carbocycles. The summed E-state index contributed by atoms with van der Waals surface area (Å²) in [6.07, 6.45) is 3.36. The standard InChI is InChI=1S/C14H18N2O3/c17-13(18)12(9-10-5-2-1-3-6-10)16-14(19)15-11-7-4-8-11/h1-3,5-6,11-12H,4,7-9H2,(H,17,18)(H2,15,16,19)/t12-/m1/s1. The predicted octanol–water partition coefficient (Wildman–Crippen LogP) is 1.53. The Morgan fingerprint density at radius 2 is 1.95 bits per heavy atom. The Bertz CT molecular complexity index is 443. The summed E-state index contributed by atoms with van der Waals surface area (Å²) in [5, 5.41) is 14.4. The van der Waals surface area contributed by atoms with Crippen LogP contribution in [0.1, 0.15) is 24.8 Å². The average molecular weight is 262 g/mol. The van der Waals surface area contributed by atoms with Crippen molar-refractivity contribution in [3.8, 4) is 0 Å². The largest absolute Gasteiger partial charge is 0.480 e. The lowest BCUT2D eigenvalue weighted by molar-refractivity contribution is -0.139. The van der Waals surface area contributed by atoms with Crippen LogP contribution >= 0.6 is 0 Å². The van der Waals surface area contributed by atoms with E-state index in [0.717, 1.165) is 24.8 Å². The third-order valence-corrected chi connectivity index (χ3v) is 3.33. The molecule has 2 rings (SSSR count). The number of urea groups is 1. The molecule has 1 fully saturated rings. The monoisotopic (exact) mass is 262 g/mol. The van der Waals surface area contributed by atoms with Gasteiger partial charge in [0, 0.05) is 12.5 Å². The van der Waals surface area contributed by atoms with E-state index in [2.05, 4.69) is 10.6 Å². The van der Waals surface area contributed by atoms with Gasteiger partial charge in [0.1, 0.15) is 6.04 Å². The van der Waals surface area contributed by atoms with Gasteiger partial charge in [0.15, 0.2) is 0 Å². The van der Waals surface area contributed by atoms with E-state index in [0.29, 0.717) is 0 Å². The molecule has 1 saturated carbocycles. The van der Waals surface area contributed by atoms with Crippen molar-refractivity contribution in [1.29, 1.82) is 0 Å². The average Bonchev–Trinajstić information content (AvgIpc) is 2.34. The van der Waals surface area contributed by atoms with Crippen LogP contribution in [0.15, 0.2) is 30.3 Å². The molecule has 0 saturated heterocycles. The van der Waals surface area contributed by atoms with Crippen molar-refractivity contribution in [2.24, 2.45) is 0 Å². The van der Waals surface area contributed by atoms with E-state index in [1.807, 2.05) is 30.3 Å². The lowest BCUT2D eigenvalue weighted by Crippen LogP contribution is -2.51. The number of carboxylic acid groups (broad SMARTS) is 1. The summed E-state index contributed by atoms with van der Waals surface area (Å²) < 4.78 is 0. The lowest BCUT2D eigenvalue weighted by Gasteiger charge is -2.27. The number of aliphatic carboxylic acids is 1. The number of carbonyl (C=O) groups is 2. The highest BCUT2D eigenvalue weighted by atomic mass is 16.4. The van der Waals surface area contributed by atoms with Gasteiger partial charge in [-0.1, -0.05) is 30.3 Å². The van der Waals surface area contributed by atoms with Gasteiger partial charge >= 0.3 is 12.0 Å². The number of hydrogen-bond acceptors (Lipinski definition) is 2. The molecule has 0 radical (unpaired) electrons. The molecule has 3 N–H and O–H groups in total. The lowest BCUT2D eigenvalue weighted by atomic mass is 9.93. The summed E-state index contributed by atoms with van der Waals surface area (Å²) in [7, 11) is 0. The third kappa shape index (κ3) is 3.98. The van der Waals surface area contributed by atoms with E-state index in [-0.39, 0.29) is 12.5 Å². The van der Waals surface area contributed by atoms with Crippen LogP contribution in [0, 0.1) is 0 Å². The molecular weight excluding hydrogens is 244 g/mol. The second-order valence-electron chi connectivity index (χ2n) is 4.83. The van der Waals surface area contributed by atoms with Crippen molar-refractivity contribution in [1.82, 2.24) is 10.6 Å². The molecular formula is C14H18N2O3. The molecule has 1 atom stereocenters. The number of amides is 2. The van der Waals surface area contributed by atoms with Crippen LogP contribution in [0.3, 0.4) is 0 Å². The second-order valence-corrected chi connectivity index (χ2v) is 4.83. The molecule has 0 aromatic heterocycles. The quantitative estimate of drug-likeness (QED) is 0.753. The molecule has 1 aliphatic rings. The van der Waals surface area contributed by atoms with Crippen LogP contribution < -0.4 is 10.6 Å². The van der Waals surface area contributed by atoms with Gasteiger partial charge < -0.3 is 15.7 Å². The van der Waals surface area contributed by atoms with Crippen LogP contribution in [0.5, 0.6) is 0 Å². The zero-order valence-electron chi connectivity index (χ0n) is 10.6. The summed E-state index contributed by atoms with van der Waals surface area (Å²) in [6.45, 7) is 0. The fraction of sp³-hybridized carbons (Fsp3) is 0.429. The zero-order valence-corrected chi connectivity index (χ0v) is 10.6. The highest BCUT2D eigenvalue weighted by Crippen LogP contribution is 2.17. The molecule has 102 valence electrons. The van der Waals surface area contributed by atoms with Gasteiger partial charge in [-0.05, 0) is 24.8 Å². The first-order valence-electron chi connectivity index (χ1n) is 6.49. The van der Waals surface area contributed by atoms with Crippen molar-refractivity contribution in [2.45, 2.75) is 37.8 Å². The van der Waals surface area contributed by atoms with Gasteiger partial charge in [0.2, 0.25) is 0 Å². The van der Waals surface area contributed by atoms with Crippen LogP contribution in [-0.4, -0.2) is 29.2 Å². The number of nitrogens with one attached hydrogen (secondary N) is 2. The first-order valence-corrected chi connectivity index (χ1v) is 6.49. The Morgan fingerprint density at radius 1 is 1.26 bits per heavy atom. The van der Waals surface area contributed by atoms with E-state index >= 15 is 0 Å². The summed E-state index contributed by atoms with van der Waals surface area (Å²) in [5.74, 6) is -1.02. The van der Waals surface area contributed by atoms with Crippen molar-refractivity contribution in [3.05, 3.63) is 35.9 Å². The molecule has 5 nitrogen and oxygen atoms in total. The normalized spacial score (nSPS) is 16.2. The fourth-order valence-corrected chi connectivity index (χ4v) is 1.99. The minimum atomic E-state index is -1.02.